The highest BCUT2D eigenvalue weighted by molar-refractivity contribution is 6.01. The highest BCUT2D eigenvalue weighted by Crippen LogP contribution is 2.60. The average Bonchev–Trinajstić information content (AvgIpc) is 3.30. The molecule has 4 bridgehead atoms. The number of carbonyl (C=O) groups excluding carboxylic acids is 3. The van der Waals surface area contributed by atoms with Crippen molar-refractivity contribution in [2.45, 2.75) is 57.4 Å². The van der Waals surface area contributed by atoms with Gasteiger partial charge in [-0.05, 0) is 81.3 Å². The molecule has 1 aromatic rings. The zero-order chi connectivity index (χ0) is 23.2. The molecule has 1 aliphatic heterocycles. The molecule has 7 nitrogen and oxygen atoms in total. The topological polar surface area (TPSA) is 82.1 Å². The molecule has 5 aliphatic rings. The van der Waals surface area contributed by atoms with Crippen molar-refractivity contribution in [2.75, 3.05) is 27.4 Å². The van der Waals surface area contributed by atoms with Gasteiger partial charge in [0, 0.05) is 12.6 Å². The van der Waals surface area contributed by atoms with Gasteiger partial charge in [-0.1, -0.05) is 0 Å². The van der Waals surface area contributed by atoms with Gasteiger partial charge < -0.3 is 19.1 Å². The number of likely N-dealkylation sites (tertiary alicyclic amines) is 1. The summed E-state index contributed by atoms with van der Waals surface area (Å²) in [5.74, 6) is 2.29. The summed E-state index contributed by atoms with van der Waals surface area (Å²) >= 11 is 0. The summed E-state index contributed by atoms with van der Waals surface area (Å²) in [6, 6.07) is 4.31. The smallest absolute Gasteiger partial charge is 0.329 e. The molecule has 1 heterocycles. The number of carbonyl (C=O) groups is 3. The van der Waals surface area contributed by atoms with Crippen LogP contribution in [0.5, 0.6) is 11.5 Å². The Kier molecular flexibility index (Phi) is 5.83. The standard InChI is InChI=1S/C26H33NO6/c1-31-19-5-6-20(23(11-19)32-2)22(28)15-33-24(29)21-4-3-7-27(21)25(30)26-12-16-8-17(13-26)10-18(9-16)14-26/h5-6,11,16-18,21H,3-4,7-10,12-15H2,1-2H3. The molecule has 0 radical (unpaired) electrons. The number of Topliss-reactive ketones (excluding diaryl/α,β-unsaturated/α-hetero) is 1. The summed E-state index contributed by atoms with van der Waals surface area (Å²) in [6.45, 7) is 0.220. The lowest BCUT2D eigenvalue weighted by Gasteiger charge is -2.56. The van der Waals surface area contributed by atoms with Crippen LogP contribution < -0.4 is 9.47 Å². The number of hydrogen-bond acceptors (Lipinski definition) is 6. The van der Waals surface area contributed by atoms with E-state index < -0.39 is 12.0 Å². The monoisotopic (exact) mass is 455 g/mol. The third kappa shape index (κ3) is 4.00. The predicted octanol–water partition coefficient (Wildman–Crippen LogP) is 3.64. The van der Waals surface area contributed by atoms with Crippen molar-refractivity contribution >= 4 is 17.7 Å². The number of amides is 1. The predicted molar refractivity (Wildman–Crippen MR) is 120 cm³/mol. The van der Waals surface area contributed by atoms with Crippen LogP contribution in [0.1, 0.15) is 61.7 Å². The lowest BCUT2D eigenvalue weighted by molar-refractivity contribution is -0.165. The Balaban J connectivity index is 1.24. The van der Waals surface area contributed by atoms with Gasteiger partial charge in [0.2, 0.25) is 11.7 Å². The largest absolute Gasteiger partial charge is 0.497 e. The number of methoxy groups -OCH3 is 2. The normalized spacial score (nSPS) is 32.0. The van der Waals surface area contributed by atoms with Crippen LogP contribution in [-0.2, 0) is 14.3 Å². The fraction of sp³-hybridized carbons (Fsp3) is 0.654. The summed E-state index contributed by atoms with van der Waals surface area (Å²) in [5.41, 5.74) is 0.0585. The van der Waals surface area contributed by atoms with Crippen LogP contribution in [-0.4, -0.2) is 56.0 Å². The van der Waals surface area contributed by atoms with Gasteiger partial charge in [0.15, 0.2) is 6.61 Å². The third-order valence-electron chi connectivity index (χ3n) is 8.33. The second-order valence-electron chi connectivity index (χ2n) is 10.5. The molecule has 0 aromatic heterocycles. The van der Waals surface area contributed by atoms with Crippen molar-refractivity contribution in [1.29, 1.82) is 0 Å². The number of benzene rings is 1. The first kappa shape index (κ1) is 22.2. The molecule has 0 spiro atoms. The SMILES string of the molecule is COc1ccc(C(=O)COC(=O)C2CCCN2C(=O)C23CC4CC(CC(C4)C2)C3)c(OC)c1. The molecule has 1 aromatic carbocycles. The zero-order valence-electron chi connectivity index (χ0n) is 19.5. The first-order valence-electron chi connectivity index (χ1n) is 12.2. The van der Waals surface area contributed by atoms with E-state index in [0.717, 1.165) is 25.7 Å². The first-order chi connectivity index (χ1) is 15.9. The van der Waals surface area contributed by atoms with Crippen LogP contribution in [0.25, 0.3) is 0 Å². The zero-order valence-corrected chi connectivity index (χ0v) is 19.5. The summed E-state index contributed by atoms with van der Waals surface area (Å²) in [7, 11) is 3.01. The van der Waals surface area contributed by atoms with Crippen LogP contribution in [0, 0.1) is 23.2 Å². The molecule has 178 valence electrons. The van der Waals surface area contributed by atoms with Crippen molar-refractivity contribution in [2.24, 2.45) is 23.2 Å². The summed E-state index contributed by atoms with van der Waals surface area (Å²) in [5, 5.41) is 0. The lowest BCUT2D eigenvalue weighted by atomic mass is 9.49. The lowest BCUT2D eigenvalue weighted by Crippen LogP contribution is -2.56. The van der Waals surface area contributed by atoms with Gasteiger partial charge in [0.1, 0.15) is 17.5 Å². The van der Waals surface area contributed by atoms with E-state index in [-0.39, 0.29) is 23.7 Å². The maximum atomic E-state index is 13.7. The fourth-order valence-corrected chi connectivity index (χ4v) is 7.27. The van der Waals surface area contributed by atoms with Crippen molar-refractivity contribution < 1.29 is 28.6 Å². The van der Waals surface area contributed by atoms with Crippen LogP contribution >= 0.6 is 0 Å². The van der Waals surface area contributed by atoms with Crippen molar-refractivity contribution in [3.63, 3.8) is 0 Å². The van der Waals surface area contributed by atoms with Gasteiger partial charge in [-0.2, -0.15) is 0 Å². The van der Waals surface area contributed by atoms with Crippen molar-refractivity contribution in [1.82, 2.24) is 4.90 Å². The van der Waals surface area contributed by atoms with Crippen LogP contribution in [0.15, 0.2) is 18.2 Å². The molecular formula is C26H33NO6. The van der Waals surface area contributed by atoms with E-state index in [1.807, 2.05) is 0 Å². The molecular weight excluding hydrogens is 422 g/mol. The van der Waals surface area contributed by atoms with E-state index in [2.05, 4.69) is 0 Å². The fourth-order valence-electron chi connectivity index (χ4n) is 7.27. The molecule has 33 heavy (non-hydrogen) atoms. The van der Waals surface area contributed by atoms with Crippen molar-refractivity contribution in [3.8, 4) is 11.5 Å². The van der Waals surface area contributed by atoms with Gasteiger partial charge in [-0.15, -0.1) is 0 Å². The van der Waals surface area contributed by atoms with E-state index in [1.165, 1.54) is 33.5 Å². The maximum Gasteiger partial charge on any atom is 0.329 e. The average molecular weight is 456 g/mol. The number of ketones is 1. The molecule has 6 rings (SSSR count). The van der Waals surface area contributed by atoms with E-state index in [1.54, 1.807) is 23.1 Å². The Morgan fingerprint density at radius 2 is 1.67 bits per heavy atom. The summed E-state index contributed by atoms with van der Waals surface area (Å²) < 4.78 is 15.9. The van der Waals surface area contributed by atoms with Crippen LogP contribution in [0.4, 0.5) is 0 Å². The second kappa shape index (κ2) is 8.65. The van der Waals surface area contributed by atoms with Crippen molar-refractivity contribution in [3.05, 3.63) is 23.8 Å². The Morgan fingerprint density at radius 3 is 2.27 bits per heavy atom. The van der Waals surface area contributed by atoms with Gasteiger partial charge in [0.05, 0.1) is 25.2 Å². The maximum absolute atomic E-state index is 13.7. The Labute approximate surface area is 194 Å². The van der Waals surface area contributed by atoms with E-state index >= 15 is 0 Å². The number of esters is 1. The Bertz CT molecular complexity index is 921. The molecule has 1 atom stereocenters. The number of rotatable bonds is 7. The van der Waals surface area contributed by atoms with E-state index in [4.69, 9.17) is 14.2 Å². The van der Waals surface area contributed by atoms with E-state index in [0.29, 0.717) is 47.8 Å². The van der Waals surface area contributed by atoms with E-state index in [9.17, 15) is 14.4 Å². The highest BCUT2D eigenvalue weighted by atomic mass is 16.5. The quantitative estimate of drug-likeness (QED) is 0.461. The minimum absolute atomic E-state index is 0.157. The molecule has 7 heteroatoms. The number of nitrogens with zero attached hydrogens (tertiary/aromatic N) is 1. The first-order valence-corrected chi connectivity index (χ1v) is 12.2. The number of hydrogen-bond donors (Lipinski definition) is 0. The Morgan fingerprint density at radius 1 is 1.00 bits per heavy atom. The highest BCUT2D eigenvalue weighted by Gasteiger charge is 2.57. The molecule has 4 saturated carbocycles. The van der Waals surface area contributed by atoms with Gasteiger partial charge in [-0.25, -0.2) is 4.79 Å². The summed E-state index contributed by atoms with van der Waals surface area (Å²) in [4.78, 5) is 41.2. The molecule has 5 fully saturated rings. The third-order valence-corrected chi connectivity index (χ3v) is 8.33. The Hall–Kier alpha value is -2.57. The molecule has 1 saturated heterocycles. The molecule has 0 N–H and O–H groups in total. The number of ether oxygens (including phenoxy) is 3. The minimum atomic E-state index is -0.587. The van der Waals surface area contributed by atoms with Crippen LogP contribution in [0.2, 0.25) is 0 Å². The van der Waals surface area contributed by atoms with Gasteiger partial charge >= 0.3 is 5.97 Å². The van der Waals surface area contributed by atoms with Gasteiger partial charge in [-0.3, -0.25) is 9.59 Å². The minimum Gasteiger partial charge on any atom is -0.497 e. The molecule has 1 unspecified atom stereocenters. The summed E-state index contributed by atoms with van der Waals surface area (Å²) in [6.07, 6.45) is 8.14. The molecule has 1 amide bonds. The molecule has 4 aliphatic carbocycles. The van der Waals surface area contributed by atoms with Gasteiger partial charge in [0.25, 0.3) is 0 Å². The van der Waals surface area contributed by atoms with Crippen LogP contribution in [0.3, 0.4) is 0 Å². The second-order valence-corrected chi connectivity index (χ2v) is 10.5.